The first-order chi connectivity index (χ1) is 11.9. The highest BCUT2D eigenvalue weighted by atomic mass is 32.2. The Morgan fingerprint density at radius 1 is 1.12 bits per heavy atom. The average molecular weight is 365 g/mol. The van der Waals surface area contributed by atoms with Gasteiger partial charge >= 0.3 is 10.1 Å². The van der Waals surface area contributed by atoms with Crippen molar-refractivity contribution in [3.05, 3.63) is 54.0 Å². The molecule has 0 atom stereocenters. The fourth-order valence-electron chi connectivity index (χ4n) is 2.27. The van der Waals surface area contributed by atoms with E-state index < -0.39 is 10.1 Å². The zero-order valence-electron chi connectivity index (χ0n) is 14.5. The summed E-state index contributed by atoms with van der Waals surface area (Å²) >= 11 is 0. The molecule has 0 saturated carbocycles. The van der Waals surface area contributed by atoms with Gasteiger partial charge < -0.3 is 13.5 Å². The monoisotopic (exact) mass is 365 g/mol. The Kier molecular flexibility index (Phi) is 6.64. The van der Waals surface area contributed by atoms with Crippen LogP contribution in [0.1, 0.15) is 38.0 Å². The number of hydrogen-bond acceptors (Lipinski definition) is 5. The summed E-state index contributed by atoms with van der Waals surface area (Å²) in [6.45, 7) is 4.30. The van der Waals surface area contributed by atoms with Crippen molar-refractivity contribution in [3.8, 4) is 5.75 Å². The first-order valence-electron chi connectivity index (χ1n) is 8.24. The third kappa shape index (κ3) is 5.94. The van der Waals surface area contributed by atoms with E-state index in [1.165, 1.54) is 6.92 Å². The minimum atomic E-state index is -3.54. The van der Waals surface area contributed by atoms with E-state index in [0.717, 1.165) is 17.7 Å². The topological polar surface area (TPSA) is 76.8 Å². The minimum absolute atomic E-state index is 0.0489. The number of amides is 1. The number of hydrogen-bond donors (Lipinski definition) is 0. The van der Waals surface area contributed by atoms with Crippen LogP contribution in [0.3, 0.4) is 0 Å². The Balaban J connectivity index is 2.08. The van der Waals surface area contributed by atoms with E-state index in [9.17, 15) is 13.2 Å². The summed E-state index contributed by atoms with van der Waals surface area (Å²) in [7, 11) is -3.54. The lowest BCUT2D eigenvalue weighted by Crippen LogP contribution is -2.29. The molecule has 136 valence electrons. The molecule has 1 amide bonds. The van der Waals surface area contributed by atoms with E-state index in [-0.39, 0.29) is 17.4 Å². The van der Waals surface area contributed by atoms with Gasteiger partial charge in [-0.25, -0.2) is 0 Å². The maximum absolute atomic E-state index is 12.3. The Labute approximate surface area is 148 Å². The van der Waals surface area contributed by atoms with Crippen LogP contribution in [0.2, 0.25) is 0 Å². The van der Waals surface area contributed by atoms with Crippen molar-refractivity contribution in [1.29, 1.82) is 0 Å². The lowest BCUT2D eigenvalue weighted by molar-refractivity contribution is -0.132. The van der Waals surface area contributed by atoms with Gasteiger partial charge in [0.05, 0.1) is 18.6 Å². The number of rotatable bonds is 9. The van der Waals surface area contributed by atoms with Gasteiger partial charge in [0.2, 0.25) is 5.91 Å². The van der Waals surface area contributed by atoms with E-state index in [4.69, 9.17) is 8.60 Å². The number of furan rings is 1. The lowest BCUT2D eigenvalue weighted by atomic mass is 10.2. The second-order valence-electron chi connectivity index (χ2n) is 5.65. The highest BCUT2D eigenvalue weighted by molar-refractivity contribution is 7.87. The largest absolute Gasteiger partial charge is 0.467 e. The maximum atomic E-state index is 12.3. The normalized spacial score (nSPS) is 11.3. The second kappa shape index (κ2) is 8.71. The van der Waals surface area contributed by atoms with Crippen molar-refractivity contribution in [2.75, 3.05) is 5.75 Å². The van der Waals surface area contributed by atoms with Gasteiger partial charge in [-0.05, 0) is 43.2 Å². The summed E-state index contributed by atoms with van der Waals surface area (Å²) < 4.78 is 33.3. The van der Waals surface area contributed by atoms with Crippen LogP contribution in [-0.2, 0) is 28.0 Å². The molecule has 0 radical (unpaired) electrons. The summed E-state index contributed by atoms with van der Waals surface area (Å²) in [5.41, 5.74) is 0.886. The van der Waals surface area contributed by atoms with Gasteiger partial charge in [-0.15, -0.1) is 0 Å². The third-order valence-corrected chi connectivity index (χ3v) is 4.77. The average Bonchev–Trinajstić information content (AvgIpc) is 3.09. The number of benzene rings is 1. The van der Waals surface area contributed by atoms with Gasteiger partial charge in [-0.3, -0.25) is 4.79 Å². The fraction of sp³-hybridized carbons (Fsp3) is 0.389. The molecule has 0 aliphatic rings. The molecular weight excluding hydrogens is 342 g/mol. The molecule has 1 aromatic heterocycles. The van der Waals surface area contributed by atoms with Gasteiger partial charge in [0.1, 0.15) is 11.5 Å². The number of carbonyl (C=O) groups excluding carboxylic acids is 1. The molecule has 6 nitrogen and oxygen atoms in total. The van der Waals surface area contributed by atoms with Gasteiger partial charge in [0.15, 0.2) is 0 Å². The van der Waals surface area contributed by atoms with E-state index in [1.54, 1.807) is 41.5 Å². The Morgan fingerprint density at radius 2 is 1.84 bits per heavy atom. The fourth-order valence-corrected chi connectivity index (χ4v) is 2.79. The molecule has 0 aliphatic heterocycles. The molecule has 0 aliphatic carbocycles. The summed E-state index contributed by atoms with van der Waals surface area (Å²) in [6, 6.07) is 10.3. The molecule has 0 saturated heterocycles. The van der Waals surface area contributed by atoms with Crippen LogP contribution in [-0.4, -0.2) is 25.0 Å². The van der Waals surface area contributed by atoms with Gasteiger partial charge in [-0.1, -0.05) is 19.1 Å². The third-order valence-electron chi connectivity index (χ3n) is 3.62. The summed E-state index contributed by atoms with van der Waals surface area (Å²) in [4.78, 5) is 14.1. The van der Waals surface area contributed by atoms with Crippen molar-refractivity contribution in [2.24, 2.45) is 0 Å². The number of nitrogens with zero attached hydrogens (tertiary/aromatic N) is 1. The summed E-state index contributed by atoms with van der Waals surface area (Å²) in [6.07, 6.45) is 2.82. The van der Waals surface area contributed by atoms with Crippen LogP contribution in [0.15, 0.2) is 47.1 Å². The minimum Gasteiger partial charge on any atom is -0.467 e. The van der Waals surface area contributed by atoms with Crippen molar-refractivity contribution in [1.82, 2.24) is 4.90 Å². The molecular formula is C18H23NO5S. The van der Waals surface area contributed by atoms with Crippen LogP contribution in [0.25, 0.3) is 0 Å². The first-order valence-corrected chi connectivity index (χ1v) is 9.82. The molecule has 0 fully saturated rings. The highest BCUT2D eigenvalue weighted by Gasteiger charge is 2.15. The van der Waals surface area contributed by atoms with Crippen LogP contribution < -0.4 is 4.18 Å². The van der Waals surface area contributed by atoms with E-state index in [1.807, 2.05) is 13.0 Å². The zero-order chi connectivity index (χ0) is 18.3. The first kappa shape index (κ1) is 19.1. The van der Waals surface area contributed by atoms with Gasteiger partial charge in [-0.2, -0.15) is 8.42 Å². The SMILES string of the molecule is CCCC(=O)N(Cc1ccc(OS(=O)(=O)CC)cc1)Cc1ccco1. The Morgan fingerprint density at radius 3 is 2.40 bits per heavy atom. The predicted molar refractivity (Wildman–Crippen MR) is 94.4 cm³/mol. The smallest absolute Gasteiger partial charge is 0.308 e. The van der Waals surface area contributed by atoms with Crippen molar-refractivity contribution in [3.63, 3.8) is 0 Å². The molecule has 2 rings (SSSR count). The van der Waals surface area contributed by atoms with Crippen LogP contribution >= 0.6 is 0 Å². The van der Waals surface area contributed by atoms with Crippen molar-refractivity contribution < 1.29 is 21.8 Å². The quantitative estimate of drug-likeness (QED) is 0.637. The van der Waals surface area contributed by atoms with Crippen molar-refractivity contribution >= 4 is 16.0 Å². The van der Waals surface area contributed by atoms with E-state index >= 15 is 0 Å². The molecule has 2 aromatic rings. The molecule has 7 heteroatoms. The maximum Gasteiger partial charge on any atom is 0.308 e. The molecule has 1 aromatic carbocycles. The zero-order valence-corrected chi connectivity index (χ0v) is 15.3. The highest BCUT2D eigenvalue weighted by Crippen LogP contribution is 2.18. The Bertz CT molecular complexity index is 766. The molecule has 1 heterocycles. The van der Waals surface area contributed by atoms with Crippen LogP contribution in [0, 0.1) is 0 Å². The summed E-state index contributed by atoms with van der Waals surface area (Å²) in [5, 5.41) is 0. The second-order valence-corrected chi connectivity index (χ2v) is 7.51. The van der Waals surface area contributed by atoms with E-state index in [2.05, 4.69) is 0 Å². The molecule has 0 N–H and O–H groups in total. The van der Waals surface area contributed by atoms with Gasteiger partial charge in [0, 0.05) is 13.0 Å². The lowest BCUT2D eigenvalue weighted by Gasteiger charge is -2.22. The molecule has 0 unspecified atom stereocenters. The molecule has 0 spiro atoms. The molecule has 25 heavy (non-hydrogen) atoms. The van der Waals surface area contributed by atoms with E-state index in [0.29, 0.717) is 19.5 Å². The number of carbonyl (C=O) groups is 1. The summed E-state index contributed by atoms with van der Waals surface area (Å²) in [5.74, 6) is 0.950. The van der Waals surface area contributed by atoms with Crippen LogP contribution in [0.4, 0.5) is 0 Å². The van der Waals surface area contributed by atoms with Crippen LogP contribution in [0.5, 0.6) is 5.75 Å². The Hall–Kier alpha value is -2.28. The standard InChI is InChI=1S/C18H23NO5S/c1-3-6-18(20)19(14-17-7-5-12-23-17)13-15-8-10-16(11-9-15)24-25(21,22)4-2/h5,7-12H,3-4,6,13-14H2,1-2H3. The van der Waals surface area contributed by atoms with Gasteiger partial charge in [0.25, 0.3) is 0 Å². The molecule has 0 bridgehead atoms. The predicted octanol–water partition coefficient (Wildman–Crippen LogP) is 3.34. The van der Waals surface area contributed by atoms with Crippen molar-refractivity contribution in [2.45, 2.75) is 39.8 Å².